The van der Waals surface area contributed by atoms with Crippen LogP contribution in [0.2, 0.25) is 0 Å². The van der Waals surface area contributed by atoms with Crippen LogP contribution in [0.3, 0.4) is 0 Å². The molecule has 0 fully saturated rings. The molecule has 4 N–H and O–H groups in total. The van der Waals surface area contributed by atoms with E-state index in [1.165, 1.54) is 0 Å². The molecule has 0 aliphatic carbocycles. The number of aliphatic hydroxyl groups excluding tert-OH is 1. The van der Waals surface area contributed by atoms with Gasteiger partial charge < -0.3 is 20.9 Å². The van der Waals surface area contributed by atoms with Gasteiger partial charge in [-0.3, -0.25) is 4.79 Å². The third-order valence-electron chi connectivity index (χ3n) is 3.70. The average Bonchev–Trinajstić information content (AvgIpc) is 2.64. The summed E-state index contributed by atoms with van der Waals surface area (Å²) in [6, 6.07) is 16.3. The first-order valence-corrected chi connectivity index (χ1v) is 7.96. The fraction of sp³-hybridized carbons (Fsp3) is 0.263. The van der Waals surface area contributed by atoms with Crippen LogP contribution >= 0.6 is 0 Å². The highest BCUT2D eigenvalue weighted by atomic mass is 16.5. The maximum atomic E-state index is 11.2. The van der Waals surface area contributed by atoms with Gasteiger partial charge in [0, 0.05) is 13.2 Å². The van der Waals surface area contributed by atoms with E-state index in [1.807, 2.05) is 36.4 Å². The quantitative estimate of drug-likeness (QED) is 0.641. The minimum Gasteiger partial charge on any atom is -0.489 e. The summed E-state index contributed by atoms with van der Waals surface area (Å²) in [4.78, 5) is 11.2. The lowest BCUT2D eigenvalue weighted by atomic mass is 10.1. The Kier molecular flexibility index (Phi) is 6.96. The Labute approximate surface area is 146 Å². The van der Waals surface area contributed by atoms with Crippen LogP contribution in [0.15, 0.2) is 48.5 Å². The minimum atomic E-state index is -0.548. The topological polar surface area (TPSA) is 108 Å². The predicted molar refractivity (Wildman–Crippen MR) is 93.5 cm³/mol. The maximum absolute atomic E-state index is 11.2. The summed E-state index contributed by atoms with van der Waals surface area (Å²) in [6.07, 6.45) is 0.290. The van der Waals surface area contributed by atoms with Crippen molar-refractivity contribution in [1.82, 2.24) is 5.32 Å². The van der Waals surface area contributed by atoms with Crippen LogP contribution in [0.5, 0.6) is 5.75 Å². The molecule has 0 spiro atoms. The van der Waals surface area contributed by atoms with Crippen molar-refractivity contribution in [2.75, 3.05) is 6.61 Å². The van der Waals surface area contributed by atoms with Gasteiger partial charge in [0.25, 0.3) is 0 Å². The van der Waals surface area contributed by atoms with Crippen molar-refractivity contribution in [1.29, 1.82) is 5.26 Å². The number of ether oxygens (including phenoxy) is 1. The number of aliphatic hydroxyl groups is 1. The number of hydrogen-bond donors (Lipinski definition) is 3. The molecule has 0 bridgehead atoms. The van der Waals surface area contributed by atoms with E-state index < -0.39 is 11.9 Å². The van der Waals surface area contributed by atoms with Crippen molar-refractivity contribution in [3.63, 3.8) is 0 Å². The molecule has 1 amide bonds. The number of primary amides is 1. The lowest BCUT2D eigenvalue weighted by Gasteiger charge is -2.14. The number of nitrogens with two attached hydrogens (primary N) is 1. The summed E-state index contributed by atoms with van der Waals surface area (Å²) < 4.78 is 5.71. The van der Waals surface area contributed by atoms with Gasteiger partial charge in [-0.05, 0) is 41.8 Å². The van der Waals surface area contributed by atoms with E-state index in [2.05, 4.69) is 11.4 Å². The molecule has 2 aromatic carbocycles. The first-order valence-electron chi connectivity index (χ1n) is 7.96. The molecule has 0 saturated heterocycles. The van der Waals surface area contributed by atoms with Crippen molar-refractivity contribution in [3.8, 4) is 11.8 Å². The van der Waals surface area contributed by atoms with Crippen LogP contribution in [-0.2, 0) is 17.9 Å². The second-order valence-electron chi connectivity index (χ2n) is 5.59. The monoisotopic (exact) mass is 339 g/mol. The molecule has 0 radical (unpaired) electrons. The number of amides is 1. The molecular weight excluding hydrogens is 318 g/mol. The fourth-order valence-corrected chi connectivity index (χ4v) is 2.32. The highest BCUT2D eigenvalue weighted by Crippen LogP contribution is 2.15. The first kappa shape index (κ1) is 18.5. The zero-order chi connectivity index (χ0) is 18.1. The lowest BCUT2D eigenvalue weighted by molar-refractivity contribution is -0.120. The van der Waals surface area contributed by atoms with Crippen LogP contribution in [0, 0.1) is 11.3 Å². The Morgan fingerprint density at radius 3 is 2.64 bits per heavy atom. The molecule has 0 aliphatic heterocycles. The summed E-state index contributed by atoms with van der Waals surface area (Å²) in [5.41, 5.74) is 7.78. The second-order valence-corrected chi connectivity index (χ2v) is 5.59. The molecule has 6 heteroatoms. The molecular formula is C19H21N3O3. The number of nitriles is 1. The maximum Gasteiger partial charge on any atom is 0.234 e. The van der Waals surface area contributed by atoms with Crippen LogP contribution in [0.4, 0.5) is 0 Å². The number of nitrogens with zero attached hydrogens (tertiary/aromatic N) is 1. The smallest absolute Gasteiger partial charge is 0.234 e. The van der Waals surface area contributed by atoms with Crippen molar-refractivity contribution < 1.29 is 14.6 Å². The van der Waals surface area contributed by atoms with Crippen molar-refractivity contribution >= 4 is 5.91 Å². The molecule has 2 aromatic rings. The van der Waals surface area contributed by atoms with E-state index in [0.717, 1.165) is 11.1 Å². The van der Waals surface area contributed by atoms with E-state index in [0.29, 0.717) is 24.5 Å². The van der Waals surface area contributed by atoms with E-state index in [-0.39, 0.29) is 13.0 Å². The largest absolute Gasteiger partial charge is 0.489 e. The molecule has 0 saturated carbocycles. The number of rotatable bonds is 9. The van der Waals surface area contributed by atoms with Gasteiger partial charge in [0.15, 0.2) is 0 Å². The zero-order valence-electron chi connectivity index (χ0n) is 13.8. The zero-order valence-corrected chi connectivity index (χ0v) is 13.8. The number of carbonyl (C=O) groups excluding carboxylic acids is 1. The number of carbonyl (C=O) groups is 1. The van der Waals surface area contributed by atoms with E-state index in [4.69, 9.17) is 20.8 Å². The highest BCUT2D eigenvalue weighted by molar-refractivity contribution is 5.79. The van der Waals surface area contributed by atoms with Crippen molar-refractivity contribution in [2.24, 2.45) is 5.73 Å². The Morgan fingerprint density at radius 2 is 2.00 bits per heavy atom. The van der Waals surface area contributed by atoms with Crippen molar-refractivity contribution in [3.05, 3.63) is 65.2 Å². The minimum absolute atomic E-state index is 0.0968. The number of benzene rings is 2. The summed E-state index contributed by atoms with van der Waals surface area (Å²) >= 11 is 0. The number of nitrogens with one attached hydrogen (secondary N) is 1. The van der Waals surface area contributed by atoms with Gasteiger partial charge in [-0.1, -0.05) is 24.3 Å². The molecule has 130 valence electrons. The number of hydrogen-bond acceptors (Lipinski definition) is 5. The van der Waals surface area contributed by atoms with Crippen molar-refractivity contribution in [2.45, 2.75) is 25.6 Å². The molecule has 2 rings (SSSR count). The van der Waals surface area contributed by atoms with Gasteiger partial charge >= 0.3 is 0 Å². The van der Waals surface area contributed by atoms with Crippen LogP contribution in [0.25, 0.3) is 0 Å². The highest BCUT2D eigenvalue weighted by Gasteiger charge is 2.13. The molecule has 6 nitrogen and oxygen atoms in total. The Bertz CT molecular complexity index is 738. The fourth-order valence-electron chi connectivity index (χ4n) is 2.32. The van der Waals surface area contributed by atoms with E-state index in [1.54, 1.807) is 12.1 Å². The Hall–Kier alpha value is -2.88. The first-order chi connectivity index (χ1) is 12.1. The SMILES string of the molecule is N#Cc1cccc(COc2ccc(CNC(CCO)C(N)=O)cc2)c1. The normalized spacial score (nSPS) is 11.5. The summed E-state index contributed by atoms with van der Waals surface area (Å²) in [7, 11) is 0. The molecule has 0 aliphatic rings. The molecule has 0 heterocycles. The third kappa shape index (κ3) is 5.92. The molecule has 25 heavy (non-hydrogen) atoms. The predicted octanol–water partition coefficient (Wildman–Crippen LogP) is 1.46. The average molecular weight is 339 g/mol. The standard InChI is InChI=1S/C19H21N3O3/c20-11-15-2-1-3-16(10-15)13-25-17-6-4-14(5-7-17)12-22-18(8-9-23)19(21)24/h1-7,10,18,22-23H,8-9,12-13H2,(H2,21,24). The summed E-state index contributed by atoms with van der Waals surface area (Å²) in [6.45, 7) is 0.756. The van der Waals surface area contributed by atoms with Crippen LogP contribution in [-0.4, -0.2) is 23.7 Å². The Morgan fingerprint density at radius 1 is 1.24 bits per heavy atom. The van der Waals surface area contributed by atoms with E-state index >= 15 is 0 Å². The third-order valence-corrected chi connectivity index (χ3v) is 3.70. The van der Waals surface area contributed by atoms with Gasteiger partial charge in [0.2, 0.25) is 5.91 Å². The summed E-state index contributed by atoms with van der Waals surface area (Å²) in [5, 5.41) is 20.8. The van der Waals surface area contributed by atoms with E-state index in [9.17, 15) is 4.79 Å². The lowest BCUT2D eigenvalue weighted by Crippen LogP contribution is -2.41. The molecule has 1 unspecified atom stereocenters. The van der Waals surface area contributed by atoms with Gasteiger partial charge in [0.1, 0.15) is 12.4 Å². The molecule has 1 atom stereocenters. The molecule has 0 aromatic heterocycles. The van der Waals surface area contributed by atoms with Crippen LogP contribution < -0.4 is 15.8 Å². The Balaban J connectivity index is 1.87. The van der Waals surface area contributed by atoms with Gasteiger partial charge in [-0.2, -0.15) is 5.26 Å². The van der Waals surface area contributed by atoms with Crippen LogP contribution in [0.1, 0.15) is 23.1 Å². The van der Waals surface area contributed by atoms with Gasteiger partial charge in [-0.25, -0.2) is 0 Å². The second kappa shape index (κ2) is 9.42. The summed E-state index contributed by atoms with van der Waals surface area (Å²) in [5.74, 6) is 0.238. The van der Waals surface area contributed by atoms with Gasteiger partial charge in [0.05, 0.1) is 17.7 Å². The van der Waals surface area contributed by atoms with Gasteiger partial charge in [-0.15, -0.1) is 0 Å².